The van der Waals surface area contributed by atoms with Gasteiger partial charge in [0.1, 0.15) is 6.04 Å². The van der Waals surface area contributed by atoms with Crippen LogP contribution in [-0.4, -0.2) is 141 Å². The van der Waals surface area contributed by atoms with Crippen LogP contribution in [0.25, 0.3) is 11.2 Å². The van der Waals surface area contributed by atoms with Crippen LogP contribution >= 0.6 is 0 Å². The summed E-state index contributed by atoms with van der Waals surface area (Å²) < 4.78 is 12.1. The number of benzene rings is 1. The van der Waals surface area contributed by atoms with Crippen molar-refractivity contribution in [3.05, 3.63) is 82.2 Å². The first-order valence-corrected chi connectivity index (χ1v) is 25.6. The van der Waals surface area contributed by atoms with E-state index in [0.717, 1.165) is 31.2 Å². The van der Waals surface area contributed by atoms with Crippen LogP contribution in [-0.2, 0) is 44.8 Å². The molecular weight excluding hydrogens is 971 g/mol. The van der Waals surface area contributed by atoms with Crippen LogP contribution in [0.2, 0.25) is 0 Å². The Bertz CT molecular complexity index is 2680. The van der Waals surface area contributed by atoms with Crippen LogP contribution in [0, 0.1) is 11.8 Å². The number of anilines is 2. The zero-order valence-corrected chi connectivity index (χ0v) is 42.0. The Balaban J connectivity index is 0.679. The Hall–Kier alpha value is -7.60. The number of aliphatic carboxylic acids is 1. The highest BCUT2D eigenvalue weighted by molar-refractivity contribution is 5.97. The lowest BCUT2D eigenvalue weighted by Crippen LogP contribution is -2.43. The van der Waals surface area contributed by atoms with Gasteiger partial charge in [-0.25, -0.2) is 14.8 Å². The van der Waals surface area contributed by atoms with E-state index in [0.29, 0.717) is 69.7 Å². The third-order valence-electron chi connectivity index (χ3n) is 13.8. The van der Waals surface area contributed by atoms with Gasteiger partial charge in [-0.1, -0.05) is 6.07 Å². The van der Waals surface area contributed by atoms with Crippen molar-refractivity contribution in [1.82, 2.24) is 56.4 Å². The van der Waals surface area contributed by atoms with Crippen molar-refractivity contribution in [3.8, 4) is 0 Å². The summed E-state index contributed by atoms with van der Waals surface area (Å²) in [5.74, 6) is -3.53. The number of carboxylic acid groups (broad SMARTS) is 1. The van der Waals surface area contributed by atoms with Gasteiger partial charge in [-0.15, -0.1) is 0 Å². The summed E-state index contributed by atoms with van der Waals surface area (Å²) in [6, 6.07) is 8.26. The van der Waals surface area contributed by atoms with E-state index in [1.165, 1.54) is 18.3 Å². The minimum absolute atomic E-state index is 0.0101. The molecule has 24 nitrogen and oxygen atoms in total. The Kier molecular flexibility index (Phi) is 19.9. The molecule has 3 atom stereocenters. The number of carbonyl (C=O) groups is 7. The fraction of sp³-hybridized carbons (Fsp3) is 0.529. The molecule has 3 aliphatic rings. The summed E-state index contributed by atoms with van der Waals surface area (Å²) in [6.07, 6.45) is 11.7. The molecule has 4 aromatic rings. The highest BCUT2D eigenvalue weighted by Gasteiger charge is 2.42. The van der Waals surface area contributed by atoms with E-state index in [2.05, 4.69) is 56.8 Å². The van der Waals surface area contributed by atoms with E-state index in [-0.39, 0.29) is 115 Å². The molecule has 0 bridgehead atoms. The van der Waals surface area contributed by atoms with Gasteiger partial charge in [0.15, 0.2) is 11.2 Å². The molecule has 4 heterocycles. The summed E-state index contributed by atoms with van der Waals surface area (Å²) in [4.78, 5) is 121. The van der Waals surface area contributed by atoms with Crippen molar-refractivity contribution in [2.75, 3.05) is 50.9 Å². The monoisotopic (exact) mass is 1040 g/mol. The Morgan fingerprint density at radius 1 is 0.827 bits per heavy atom. The van der Waals surface area contributed by atoms with Gasteiger partial charge in [0.2, 0.25) is 35.5 Å². The van der Waals surface area contributed by atoms with Crippen LogP contribution < -0.4 is 43.2 Å². The van der Waals surface area contributed by atoms with Crippen LogP contribution in [0.5, 0.6) is 0 Å². The molecule has 1 aliphatic heterocycles. The number of likely N-dealkylation sites (tertiary alicyclic amines) is 1. The summed E-state index contributed by atoms with van der Waals surface area (Å²) in [6.45, 7) is 1.75. The normalized spacial score (nSPS) is 20.9. The number of rotatable bonds is 25. The highest BCUT2D eigenvalue weighted by atomic mass is 16.5. The molecule has 24 heteroatoms. The van der Waals surface area contributed by atoms with E-state index in [9.17, 15) is 43.5 Å². The fourth-order valence-electron chi connectivity index (χ4n) is 9.67. The van der Waals surface area contributed by atoms with E-state index in [1.54, 1.807) is 42.5 Å². The molecule has 75 heavy (non-hydrogen) atoms. The van der Waals surface area contributed by atoms with Gasteiger partial charge in [0.25, 0.3) is 11.5 Å². The highest BCUT2D eigenvalue weighted by Crippen LogP contribution is 2.37. The predicted octanol–water partition coefficient (Wildman–Crippen LogP) is 1.63. The first-order chi connectivity index (χ1) is 36.2. The van der Waals surface area contributed by atoms with Gasteiger partial charge in [0, 0.05) is 88.2 Å². The van der Waals surface area contributed by atoms with Crippen molar-refractivity contribution in [2.24, 2.45) is 11.8 Å². The second kappa shape index (κ2) is 27.1. The van der Waals surface area contributed by atoms with Crippen LogP contribution in [0.15, 0.2) is 59.8 Å². The molecular formula is C51H67N13O11. The van der Waals surface area contributed by atoms with Gasteiger partial charge >= 0.3 is 5.97 Å². The summed E-state index contributed by atoms with van der Waals surface area (Å²) >= 11 is 0. The molecule has 0 radical (unpaired) electrons. The van der Waals surface area contributed by atoms with Crippen LogP contribution in [0.1, 0.15) is 111 Å². The minimum Gasteiger partial charge on any atom is -0.480 e. The van der Waals surface area contributed by atoms with Crippen molar-refractivity contribution in [2.45, 2.75) is 120 Å². The fourth-order valence-corrected chi connectivity index (χ4v) is 9.67. The lowest BCUT2D eigenvalue weighted by Gasteiger charge is -2.29. The lowest BCUT2D eigenvalue weighted by molar-refractivity contribution is -0.139. The number of carbonyl (C=O) groups excluding carboxylic acids is 6. The quantitative estimate of drug-likeness (QED) is 0.0426. The molecule has 3 aromatic heterocycles. The number of nitrogen functional groups attached to an aromatic ring is 1. The average molecular weight is 1040 g/mol. The van der Waals surface area contributed by atoms with Gasteiger partial charge in [-0.3, -0.25) is 43.5 Å². The first-order valence-electron chi connectivity index (χ1n) is 25.6. The first kappa shape index (κ1) is 55.2. The van der Waals surface area contributed by atoms with Gasteiger partial charge in [-0.2, -0.15) is 4.98 Å². The number of amides is 6. The van der Waals surface area contributed by atoms with Crippen molar-refractivity contribution < 1.29 is 48.1 Å². The zero-order valence-electron chi connectivity index (χ0n) is 42.0. The van der Waals surface area contributed by atoms with E-state index < -0.39 is 35.3 Å². The molecule has 7 rings (SSSR count). The molecule has 0 spiro atoms. The Morgan fingerprint density at radius 3 is 2.24 bits per heavy atom. The number of fused-ring (bicyclic) bond motifs is 1. The topological polar surface area (TPSA) is 344 Å². The zero-order chi connectivity index (χ0) is 53.3. The number of carboxylic acids is 1. The lowest BCUT2D eigenvalue weighted by atomic mass is 9.85. The molecule has 402 valence electrons. The molecule has 2 aliphatic carbocycles. The maximum Gasteiger partial charge on any atom is 0.326 e. The molecule has 1 aromatic carbocycles. The maximum atomic E-state index is 13.0. The Labute approximate surface area is 432 Å². The number of nitrogens with two attached hydrogens (primary N) is 1. The molecule has 3 fully saturated rings. The number of hydrogen-bond acceptors (Lipinski definition) is 16. The molecule has 2 saturated carbocycles. The molecule has 0 unspecified atom stereocenters. The predicted molar refractivity (Wildman–Crippen MR) is 272 cm³/mol. The number of H-pyrrole nitrogens is 1. The molecule has 1 saturated heterocycles. The van der Waals surface area contributed by atoms with Gasteiger partial charge in [-0.05, 0) is 100 Å². The number of pyridine rings is 1. The number of aromatic nitrogens is 5. The third kappa shape index (κ3) is 16.2. The van der Waals surface area contributed by atoms with E-state index in [4.69, 9.17) is 15.2 Å². The van der Waals surface area contributed by atoms with Crippen molar-refractivity contribution in [1.29, 1.82) is 0 Å². The molecule has 10 N–H and O–H groups in total. The van der Waals surface area contributed by atoms with Crippen molar-refractivity contribution in [3.63, 3.8) is 0 Å². The molecule has 6 amide bonds. The SMILES string of the molecule is CN1C(=O)C[C@H](C(=O)NCCOC2CCC(OCCCC(=O)NC3CCC(C(=O)NCCNC(=O)CC[C@H](NC(=O)c4ccc(NCc5cnc6nc(N)[nH]c(=O)c6n5)cc4)C(=O)O)CC3)CC2)[C@H]1c1cccnc1. The van der Waals surface area contributed by atoms with Crippen LogP contribution in [0.3, 0.4) is 0 Å². The second-order valence-corrected chi connectivity index (χ2v) is 19.2. The van der Waals surface area contributed by atoms with Crippen molar-refractivity contribution >= 4 is 64.2 Å². The van der Waals surface area contributed by atoms with E-state index >= 15 is 0 Å². The summed E-state index contributed by atoms with van der Waals surface area (Å²) in [5.41, 5.74) is 7.30. The standard InChI is InChI=1S/C51H67N13O11/c1-64-42(67)26-38(44(64)32-4-2-20-53-27-32)48(70)56-23-25-75-37-16-14-36(15-17-37)74-24-3-5-41(66)59-34-12-8-30(9-13-34)46(68)55-22-21-54-40(65)19-18-39(50(72)73)61-47(69)31-6-10-33(11-7-31)57-28-35-29-58-45-43(60-35)49(71)63-51(52)62-45/h2,4,6-7,10-11,20,27,29-30,34,36-39,44,57H,3,5,8-9,12-19,21-26,28H2,1H3,(H,54,65)(H,55,68)(H,56,70)(H,59,66)(H,61,69)(H,72,73)(H3,52,58,62,63,71)/t30?,34?,36?,37?,38-,39-,44+/m0/s1. The number of hydrogen-bond donors (Lipinski definition) is 9. The number of nitrogens with zero attached hydrogens (tertiary/aromatic N) is 5. The van der Waals surface area contributed by atoms with Gasteiger partial charge in [0.05, 0.1) is 49.2 Å². The van der Waals surface area contributed by atoms with Gasteiger partial charge < -0.3 is 57.1 Å². The summed E-state index contributed by atoms with van der Waals surface area (Å²) in [7, 11) is 1.72. The smallest absolute Gasteiger partial charge is 0.326 e. The largest absolute Gasteiger partial charge is 0.480 e. The second-order valence-electron chi connectivity index (χ2n) is 19.2. The maximum absolute atomic E-state index is 13.0. The third-order valence-corrected chi connectivity index (χ3v) is 13.8. The Morgan fingerprint density at radius 2 is 1.53 bits per heavy atom. The van der Waals surface area contributed by atoms with Crippen LogP contribution in [0.4, 0.5) is 11.6 Å². The van der Waals surface area contributed by atoms with E-state index in [1.807, 2.05) is 6.07 Å². The number of ether oxygens (including phenoxy) is 2. The average Bonchev–Trinajstić information content (AvgIpc) is 3.71. The summed E-state index contributed by atoms with van der Waals surface area (Å²) in [5, 5.41) is 26.9. The minimum atomic E-state index is -1.33. The number of aromatic amines is 1. The number of nitrogens with one attached hydrogen (secondary N) is 7.